The topological polar surface area (TPSA) is 252 Å². The van der Waals surface area contributed by atoms with Crippen LogP contribution in [0.25, 0.3) is 0 Å². The van der Waals surface area contributed by atoms with Crippen LogP contribution in [0.5, 0.6) is 0 Å². The first-order valence-electron chi connectivity index (χ1n) is 12.0. The Labute approximate surface area is 220 Å². The molecule has 0 aliphatic heterocycles. The van der Waals surface area contributed by atoms with E-state index in [1.807, 2.05) is 20.1 Å². The molecule has 0 radical (unpaired) electrons. The van der Waals surface area contributed by atoms with Crippen molar-refractivity contribution in [3.05, 3.63) is 0 Å². The maximum atomic E-state index is 13.1. The fourth-order valence-corrected chi connectivity index (χ4v) is 3.60. The summed E-state index contributed by atoms with van der Waals surface area (Å²) in [5.74, 6) is -4.31. The van der Waals surface area contributed by atoms with Gasteiger partial charge < -0.3 is 43.4 Å². The highest BCUT2D eigenvalue weighted by Crippen LogP contribution is 2.09. The molecule has 0 spiro atoms. The molecule has 0 fully saturated rings. The van der Waals surface area contributed by atoms with Gasteiger partial charge in [-0.2, -0.15) is 11.8 Å². The van der Waals surface area contributed by atoms with Gasteiger partial charge in [-0.15, -0.1) is 0 Å². The second-order valence-corrected chi connectivity index (χ2v) is 9.58. The molecule has 0 aromatic heterocycles. The molecule has 0 rings (SSSR count). The molecular weight excluding hydrogens is 506 g/mol. The monoisotopic (exact) mass is 547 g/mol. The van der Waals surface area contributed by atoms with E-state index in [2.05, 4.69) is 20.9 Å². The van der Waals surface area contributed by atoms with Gasteiger partial charge in [0, 0.05) is 13.0 Å². The van der Waals surface area contributed by atoms with Gasteiger partial charge in [-0.25, -0.2) is 4.79 Å². The number of nitrogens with one attached hydrogen (secondary N) is 3. The zero-order chi connectivity index (χ0) is 28.5. The minimum atomic E-state index is -1.47. The highest BCUT2D eigenvalue weighted by molar-refractivity contribution is 7.98. The van der Waals surface area contributed by atoms with E-state index in [4.69, 9.17) is 22.3 Å². The number of carboxylic acid groups (broad SMARTS) is 2. The van der Waals surface area contributed by atoms with Gasteiger partial charge in [0.2, 0.25) is 17.7 Å². The molecule has 37 heavy (non-hydrogen) atoms. The van der Waals surface area contributed by atoms with Gasteiger partial charge in [0.15, 0.2) is 5.96 Å². The molecule has 0 heterocycles. The van der Waals surface area contributed by atoms with Crippen molar-refractivity contribution in [2.45, 2.75) is 76.5 Å². The third kappa shape index (κ3) is 14.3. The predicted octanol–water partition coefficient (Wildman–Crippen LogP) is -1.43. The van der Waals surface area contributed by atoms with Crippen molar-refractivity contribution in [2.75, 3.05) is 18.6 Å². The highest BCUT2D eigenvalue weighted by atomic mass is 32.2. The normalized spacial score (nSPS) is 14.8. The van der Waals surface area contributed by atoms with E-state index in [0.717, 1.165) is 0 Å². The average molecular weight is 548 g/mol. The van der Waals surface area contributed by atoms with Crippen molar-refractivity contribution in [1.29, 1.82) is 0 Å². The Bertz CT molecular complexity index is 808. The lowest BCUT2D eigenvalue weighted by Gasteiger charge is -2.26. The van der Waals surface area contributed by atoms with E-state index >= 15 is 0 Å². The van der Waals surface area contributed by atoms with Crippen molar-refractivity contribution in [1.82, 2.24) is 16.0 Å². The van der Waals surface area contributed by atoms with Gasteiger partial charge in [-0.1, -0.05) is 20.3 Å². The maximum absolute atomic E-state index is 13.1. The third-order valence-electron chi connectivity index (χ3n) is 5.64. The van der Waals surface area contributed by atoms with E-state index in [1.54, 1.807) is 0 Å². The van der Waals surface area contributed by atoms with Crippen LogP contribution >= 0.6 is 11.8 Å². The second kappa shape index (κ2) is 18.2. The smallest absolute Gasteiger partial charge is 0.326 e. The number of aliphatic carboxylic acids is 2. The van der Waals surface area contributed by atoms with E-state index in [-0.39, 0.29) is 44.1 Å². The second-order valence-electron chi connectivity index (χ2n) is 8.60. The number of aliphatic imine (C=N–C) groups is 1. The highest BCUT2D eigenvalue weighted by Gasteiger charge is 2.31. The van der Waals surface area contributed by atoms with Gasteiger partial charge in [-0.3, -0.25) is 24.2 Å². The van der Waals surface area contributed by atoms with Crippen LogP contribution in [0.2, 0.25) is 0 Å². The lowest BCUT2D eigenvalue weighted by atomic mass is 9.99. The zero-order valence-electron chi connectivity index (χ0n) is 21.6. The molecule has 5 unspecified atom stereocenters. The summed E-state index contributed by atoms with van der Waals surface area (Å²) in [5, 5.41) is 25.7. The van der Waals surface area contributed by atoms with E-state index in [9.17, 15) is 29.1 Å². The first kappa shape index (κ1) is 33.9. The number of thioether (sulfide) groups is 1. The van der Waals surface area contributed by atoms with Gasteiger partial charge in [0.05, 0.1) is 6.04 Å². The van der Waals surface area contributed by atoms with Gasteiger partial charge >= 0.3 is 11.9 Å². The molecule has 0 saturated heterocycles. The zero-order valence-corrected chi connectivity index (χ0v) is 22.4. The van der Waals surface area contributed by atoms with Crippen LogP contribution < -0.4 is 33.2 Å². The fraction of sp³-hybridized carbons (Fsp3) is 0.727. The molecule has 3 amide bonds. The summed E-state index contributed by atoms with van der Waals surface area (Å²) >= 11 is 1.46. The molecule has 0 saturated carbocycles. The van der Waals surface area contributed by atoms with Crippen molar-refractivity contribution < 1.29 is 34.2 Å². The fourth-order valence-electron chi connectivity index (χ4n) is 3.13. The van der Waals surface area contributed by atoms with Crippen LogP contribution in [0, 0.1) is 5.92 Å². The number of nitrogens with zero attached hydrogens (tertiary/aromatic N) is 1. The van der Waals surface area contributed by atoms with Crippen LogP contribution in [0.3, 0.4) is 0 Å². The summed E-state index contributed by atoms with van der Waals surface area (Å²) in [7, 11) is 0. The van der Waals surface area contributed by atoms with Crippen molar-refractivity contribution in [3.63, 3.8) is 0 Å². The Morgan fingerprint density at radius 1 is 0.892 bits per heavy atom. The summed E-state index contributed by atoms with van der Waals surface area (Å²) in [5.41, 5.74) is 16.6. The lowest BCUT2D eigenvalue weighted by Crippen LogP contribution is -2.57. The number of carboxylic acids is 2. The van der Waals surface area contributed by atoms with Crippen molar-refractivity contribution >= 4 is 47.4 Å². The molecule has 212 valence electrons. The summed E-state index contributed by atoms with van der Waals surface area (Å²) in [6, 6.07) is -4.46. The molecule has 14 nitrogen and oxygen atoms in total. The molecule has 0 aliphatic carbocycles. The average Bonchev–Trinajstić information content (AvgIpc) is 2.83. The summed E-state index contributed by atoms with van der Waals surface area (Å²) in [6.07, 6.45) is 2.28. The molecule has 0 bridgehead atoms. The number of hydrogen-bond acceptors (Lipinski definition) is 8. The minimum Gasteiger partial charge on any atom is -0.481 e. The van der Waals surface area contributed by atoms with E-state index in [1.165, 1.54) is 11.8 Å². The van der Waals surface area contributed by atoms with Crippen molar-refractivity contribution in [3.8, 4) is 0 Å². The Balaban J connectivity index is 5.65. The summed E-state index contributed by atoms with van der Waals surface area (Å²) in [6.45, 7) is 3.86. The minimum absolute atomic E-state index is 0.0508. The number of guanidine groups is 1. The molecule has 11 N–H and O–H groups in total. The number of hydrogen-bond donors (Lipinski definition) is 8. The first-order chi connectivity index (χ1) is 17.3. The summed E-state index contributed by atoms with van der Waals surface area (Å²) in [4.78, 5) is 64.8. The first-order valence-corrected chi connectivity index (χ1v) is 13.4. The Kier molecular flexibility index (Phi) is 16.7. The number of amides is 3. The van der Waals surface area contributed by atoms with E-state index < -0.39 is 60.2 Å². The van der Waals surface area contributed by atoms with Crippen LogP contribution in [-0.4, -0.2) is 88.6 Å². The SMILES string of the molecule is CCC(C)C(N)C(=O)NC(CCSC)C(=O)NC(CCCN=C(N)N)C(=O)NC(CCC(=O)O)C(=O)O. The Morgan fingerprint density at radius 3 is 1.92 bits per heavy atom. The van der Waals surface area contributed by atoms with Crippen molar-refractivity contribution in [2.24, 2.45) is 28.1 Å². The van der Waals surface area contributed by atoms with E-state index in [0.29, 0.717) is 12.2 Å². The quantitative estimate of drug-likeness (QED) is 0.0528. The molecule has 0 aromatic rings. The standard InChI is InChI=1S/C22H41N7O7S/c1-4-12(2)17(23)20(34)28-14(9-11-37-3)19(33)27-13(6-5-10-26-22(24)25)18(32)29-15(21(35)36)7-8-16(30)31/h12-15,17H,4-11,23H2,1-3H3,(H,27,33)(H,28,34)(H,29,32)(H,30,31)(H,35,36)(H4,24,25,26). The number of carbonyl (C=O) groups excluding carboxylic acids is 3. The van der Waals surface area contributed by atoms with Gasteiger partial charge in [0.25, 0.3) is 0 Å². The molecule has 0 aliphatic rings. The lowest BCUT2D eigenvalue weighted by molar-refractivity contribution is -0.143. The Hall–Kier alpha value is -3.07. The van der Waals surface area contributed by atoms with Crippen LogP contribution in [0.15, 0.2) is 4.99 Å². The largest absolute Gasteiger partial charge is 0.481 e. The predicted molar refractivity (Wildman–Crippen MR) is 141 cm³/mol. The van der Waals surface area contributed by atoms with Gasteiger partial charge in [-0.05, 0) is 43.6 Å². The molecule has 15 heteroatoms. The third-order valence-corrected chi connectivity index (χ3v) is 6.29. The Morgan fingerprint density at radius 2 is 1.43 bits per heavy atom. The van der Waals surface area contributed by atoms with Gasteiger partial charge in [0.1, 0.15) is 18.1 Å². The molecular formula is C22H41N7O7S. The number of carbonyl (C=O) groups is 5. The maximum Gasteiger partial charge on any atom is 0.326 e. The number of rotatable bonds is 19. The number of nitrogens with two attached hydrogens (primary N) is 3. The van der Waals surface area contributed by atoms with Crippen LogP contribution in [-0.2, 0) is 24.0 Å². The molecule has 5 atom stereocenters. The molecule has 0 aromatic carbocycles. The summed E-state index contributed by atoms with van der Waals surface area (Å²) < 4.78 is 0. The van der Waals surface area contributed by atoms with Crippen LogP contribution in [0.1, 0.15) is 52.4 Å². The van der Waals surface area contributed by atoms with Crippen LogP contribution in [0.4, 0.5) is 0 Å².